The molecule has 3 aromatic rings. The SMILES string of the molecule is Cc1ccc(Cc2noc(Cc3ccccc3O)n2)cc1. The molecule has 4 heteroatoms. The molecule has 0 aliphatic heterocycles. The van der Waals surface area contributed by atoms with Crippen LogP contribution in [0.4, 0.5) is 0 Å². The number of nitrogens with zero attached hydrogens (tertiary/aromatic N) is 2. The van der Waals surface area contributed by atoms with Gasteiger partial charge < -0.3 is 9.63 Å². The monoisotopic (exact) mass is 280 g/mol. The molecule has 2 aromatic carbocycles. The summed E-state index contributed by atoms with van der Waals surface area (Å²) in [5, 5.41) is 13.7. The van der Waals surface area contributed by atoms with E-state index in [0.717, 1.165) is 11.1 Å². The second-order valence-electron chi connectivity index (χ2n) is 5.07. The highest BCUT2D eigenvalue weighted by molar-refractivity contribution is 5.33. The number of phenols is 1. The van der Waals surface area contributed by atoms with E-state index in [0.29, 0.717) is 24.6 Å². The van der Waals surface area contributed by atoms with E-state index < -0.39 is 0 Å². The van der Waals surface area contributed by atoms with Gasteiger partial charge in [0.1, 0.15) is 5.75 Å². The summed E-state index contributed by atoms with van der Waals surface area (Å²) in [7, 11) is 0. The van der Waals surface area contributed by atoms with Crippen molar-refractivity contribution in [1.29, 1.82) is 0 Å². The molecule has 3 rings (SSSR count). The van der Waals surface area contributed by atoms with Crippen LogP contribution in [0.5, 0.6) is 5.75 Å². The molecule has 0 saturated heterocycles. The van der Waals surface area contributed by atoms with Crippen LogP contribution in [0.15, 0.2) is 53.1 Å². The third-order valence-electron chi connectivity index (χ3n) is 3.33. The van der Waals surface area contributed by atoms with Crippen molar-refractivity contribution in [2.24, 2.45) is 0 Å². The van der Waals surface area contributed by atoms with E-state index in [1.54, 1.807) is 12.1 Å². The lowest BCUT2D eigenvalue weighted by Crippen LogP contribution is -1.93. The number of rotatable bonds is 4. The summed E-state index contributed by atoms with van der Waals surface area (Å²) in [5.74, 6) is 1.42. The molecule has 0 bridgehead atoms. The summed E-state index contributed by atoms with van der Waals surface area (Å²) in [6.45, 7) is 2.06. The van der Waals surface area contributed by atoms with Crippen LogP contribution in [0.2, 0.25) is 0 Å². The van der Waals surface area contributed by atoms with Crippen LogP contribution in [0, 0.1) is 6.92 Å². The lowest BCUT2D eigenvalue weighted by molar-refractivity contribution is 0.378. The molecule has 1 aromatic heterocycles. The van der Waals surface area contributed by atoms with Gasteiger partial charge in [-0.3, -0.25) is 0 Å². The van der Waals surface area contributed by atoms with Crippen LogP contribution in [0.1, 0.15) is 28.4 Å². The first-order chi connectivity index (χ1) is 10.2. The minimum atomic E-state index is 0.246. The number of phenolic OH excluding ortho intramolecular Hbond substituents is 1. The van der Waals surface area contributed by atoms with Crippen molar-refractivity contribution in [3.8, 4) is 5.75 Å². The molecule has 0 spiro atoms. The highest BCUT2D eigenvalue weighted by Gasteiger charge is 2.10. The van der Waals surface area contributed by atoms with Crippen molar-refractivity contribution in [3.05, 3.63) is 76.9 Å². The van der Waals surface area contributed by atoms with E-state index in [9.17, 15) is 5.11 Å². The maximum atomic E-state index is 9.75. The summed E-state index contributed by atoms with van der Waals surface area (Å²) >= 11 is 0. The fourth-order valence-electron chi connectivity index (χ4n) is 2.15. The fourth-order valence-corrected chi connectivity index (χ4v) is 2.15. The molecule has 0 amide bonds. The largest absolute Gasteiger partial charge is 0.508 e. The molecular weight excluding hydrogens is 264 g/mol. The summed E-state index contributed by atoms with van der Waals surface area (Å²) in [4.78, 5) is 4.38. The fraction of sp³-hybridized carbons (Fsp3) is 0.176. The summed E-state index contributed by atoms with van der Waals surface area (Å²) in [6.07, 6.45) is 1.08. The Morgan fingerprint density at radius 3 is 2.52 bits per heavy atom. The molecule has 0 unspecified atom stereocenters. The Bertz CT molecular complexity index is 733. The number of para-hydroxylation sites is 1. The van der Waals surface area contributed by atoms with Crippen LogP contribution >= 0.6 is 0 Å². The van der Waals surface area contributed by atoms with Gasteiger partial charge in [-0.2, -0.15) is 4.98 Å². The van der Waals surface area contributed by atoms with E-state index >= 15 is 0 Å². The first kappa shape index (κ1) is 13.4. The highest BCUT2D eigenvalue weighted by atomic mass is 16.5. The number of aromatic hydroxyl groups is 1. The third kappa shape index (κ3) is 3.28. The zero-order valence-electron chi connectivity index (χ0n) is 11.8. The molecule has 106 valence electrons. The molecule has 1 heterocycles. The van der Waals surface area contributed by atoms with E-state index in [1.807, 2.05) is 12.1 Å². The van der Waals surface area contributed by atoms with Gasteiger partial charge in [-0.1, -0.05) is 53.2 Å². The van der Waals surface area contributed by atoms with Gasteiger partial charge in [0.25, 0.3) is 0 Å². The predicted molar refractivity (Wildman–Crippen MR) is 79.2 cm³/mol. The maximum absolute atomic E-state index is 9.75. The second kappa shape index (κ2) is 5.79. The Morgan fingerprint density at radius 1 is 1.00 bits per heavy atom. The van der Waals surface area contributed by atoms with Crippen molar-refractivity contribution in [2.75, 3.05) is 0 Å². The molecule has 0 aliphatic rings. The Balaban J connectivity index is 1.72. The van der Waals surface area contributed by atoms with Gasteiger partial charge in [-0.05, 0) is 18.6 Å². The molecule has 4 nitrogen and oxygen atoms in total. The smallest absolute Gasteiger partial charge is 0.231 e. The van der Waals surface area contributed by atoms with Gasteiger partial charge in [0.05, 0.1) is 6.42 Å². The lowest BCUT2D eigenvalue weighted by atomic mass is 10.1. The molecule has 21 heavy (non-hydrogen) atoms. The third-order valence-corrected chi connectivity index (χ3v) is 3.33. The van der Waals surface area contributed by atoms with E-state index in [-0.39, 0.29) is 5.75 Å². The van der Waals surface area contributed by atoms with Crippen LogP contribution in [0.3, 0.4) is 0 Å². The Labute approximate surface area is 123 Å². The zero-order valence-corrected chi connectivity index (χ0v) is 11.8. The first-order valence-corrected chi connectivity index (χ1v) is 6.84. The minimum absolute atomic E-state index is 0.246. The lowest BCUT2D eigenvalue weighted by Gasteiger charge is -1.99. The van der Waals surface area contributed by atoms with Crippen molar-refractivity contribution in [1.82, 2.24) is 10.1 Å². The van der Waals surface area contributed by atoms with Crippen LogP contribution < -0.4 is 0 Å². The van der Waals surface area contributed by atoms with Gasteiger partial charge in [-0.15, -0.1) is 0 Å². The normalized spacial score (nSPS) is 10.7. The molecule has 0 saturated carbocycles. The van der Waals surface area contributed by atoms with Gasteiger partial charge in [-0.25, -0.2) is 0 Å². The molecule has 0 fully saturated rings. The van der Waals surface area contributed by atoms with Gasteiger partial charge in [0, 0.05) is 12.0 Å². The molecular formula is C17H16N2O2. The van der Waals surface area contributed by atoms with Gasteiger partial charge in [0.15, 0.2) is 5.82 Å². The standard InChI is InChI=1S/C17H16N2O2/c1-12-6-8-13(9-7-12)10-16-18-17(21-19-16)11-14-4-2-3-5-15(14)20/h2-9,20H,10-11H2,1H3. The molecule has 1 N–H and O–H groups in total. The number of hydrogen-bond acceptors (Lipinski definition) is 4. The first-order valence-electron chi connectivity index (χ1n) is 6.84. The molecule has 0 aliphatic carbocycles. The topological polar surface area (TPSA) is 59.2 Å². The van der Waals surface area contributed by atoms with E-state index in [2.05, 4.69) is 41.3 Å². The van der Waals surface area contributed by atoms with E-state index in [4.69, 9.17) is 4.52 Å². The number of aromatic nitrogens is 2. The van der Waals surface area contributed by atoms with Crippen LogP contribution in [-0.2, 0) is 12.8 Å². The average molecular weight is 280 g/mol. The summed E-state index contributed by atoms with van der Waals surface area (Å²) < 4.78 is 5.25. The van der Waals surface area contributed by atoms with Crippen LogP contribution in [0.25, 0.3) is 0 Å². The predicted octanol–water partition coefficient (Wildman–Crippen LogP) is 3.27. The van der Waals surface area contributed by atoms with Crippen molar-refractivity contribution < 1.29 is 9.63 Å². The van der Waals surface area contributed by atoms with Crippen LogP contribution in [-0.4, -0.2) is 15.2 Å². The van der Waals surface area contributed by atoms with E-state index in [1.165, 1.54) is 5.56 Å². The number of hydrogen-bond donors (Lipinski definition) is 1. The zero-order chi connectivity index (χ0) is 14.7. The number of benzene rings is 2. The second-order valence-corrected chi connectivity index (χ2v) is 5.07. The summed E-state index contributed by atoms with van der Waals surface area (Å²) in [6, 6.07) is 15.4. The van der Waals surface area contributed by atoms with Crippen molar-refractivity contribution >= 4 is 0 Å². The minimum Gasteiger partial charge on any atom is -0.508 e. The van der Waals surface area contributed by atoms with Crippen molar-refractivity contribution in [2.45, 2.75) is 19.8 Å². The van der Waals surface area contributed by atoms with Crippen molar-refractivity contribution in [3.63, 3.8) is 0 Å². The highest BCUT2D eigenvalue weighted by Crippen LogP contribution is 2.19. The maximum Gasteiger partial charge on any atom is 0.231 e. The average Bonchev–Trinajstić information content (AvgIpc) is 2.91. The Hall–Kier alpha value is -2.62. The van der Waals surface area contributed by atoms with Gasteiger partial charge in [0.2, 0.25) is 5.89 Å². The Kier molecular flexibility index (Phi) is 3.69. The molecule has 0 atom stereocenters. The van der Waals surface area contributed by atoms with Gasteiger partial charge >= 0.3 is 0 Å². The molecule has 0 radical (unpaired) electrons. The number of aryl methyl sites for hydroxylation is 1. The quantitative estimate of drug-likeness (QED) is 0.797. The Morgan fingerprint density at radius 2 is 1.76 bits per heavy atom. The summed E-state index contributed by atoms with van der Waals surface area (Å²) in [5.41, 5.74) is 3.16.